The molecule has 0 nitrogen and oxygen atoms in total. The first-order chi connectivity index (χ1) is 12.4. The molecular formula is C22H23P3. The summed E-state index contributed by atoms with van der Waals surface area (Å²) in [7, 11) is 1.09. The third kappa shape index (κ3) is 4.20. The van der Waals surface area contributed by atoms with Gasteiger partial charge in [0.1, 0.15) is 0 Å². The third-order valence-electron chi connectivity index (χ3n) is 4.57. The van der Waals surface area contributed by atoms with Gasteiger partial charge >= 0.3 is 0 Å². The van der Waals surface area contributed by atoms with E-state index in [-0.39, 0.29) is 14.9 Å². The van der Waals surface area contributed by atoms with Crippen molar-refractivity contribution in [1.82, 2.24) is 0 Å². The molecule has 1 heterocycles. The Bertz CT molecular complexity index is 785. The molecule has 3 aromatic rings. The molecule has 3 heteroatoms. The second kappa shape index (κ2) is 8.56. The van der Waals surface area contributed by atoms with Gasteiger partial charge in [-0.1, -0.05) is 93.2 Å². The van der Waals surface area contributed by atoms with Crippen LogP contribution in [-0.2, 0) is 0 Å². The van der Waals surface area contributed by atoms with Crippen LogP contribution in [0.5, 0.6) is 0 Å². The van der Waals surface area contributed by atoms with Crippen molar-refractivity contribution in [2.45, 2.75) is 12.8 Å². The highest BCUT2D eigenvalue weighted by atomic mass is 32.5. The Labute approximate surface area is 155 Å². The van der Waals surface area contributed by atoms with Crippen molar-refractivity contribution in [3.05, 3.63) is 84.9 Å². The lowest BCUT2D eigenvalue weighted by Gasteiger charge is -2.27. The van der Waals surface area contributed by atoms with Gasteiger partial charge in [-0.15, -0.1) is 0 Å². The molecule has 0 aromatic heterocycles. The summed E-state index contributed by atoms with van der Waals surface area (Å²) in [6, 6.07) is 31.6. The monoisotopic (exact) mass is 380 g/mol. The number of benzene rings is 3. The lowest BCUT2D eigenvalue weighted by Crippen LogP contribution is -2.05. The van der Waals surface area contributed by atoms with Crippen molar-refractivity contribution in [2.75, 3.05) is 12.3 Å². The number of hydrogen-bond acceptors (Lipinski definition) is 0. The molecule has 3 aromatic carbocycles. The van der Waals surface area contributed by atoms with E-state index in [1.807, 2.05) is 0 Å². The molecular weight excluding hydrogens is 357 g/mol. The van der Waals surface area contributed by atoms with E-state index < -0.39 is 0 Å². The summed E-state index contributed by atoms with van der Waals surface area (Å²) in [5.74, 6) is 0. The fraction of sp³-hybridized carbons (Fsp3) is 0.182. The number of hydrogen-bond donors (Lipinski definition) is 0. The largest absolute Gasteiger partial charge is 0.0866 e. The highest BCUT2D eigenvalue weighted by Crippen LogP contribution is 2.78. The van der Waals surface area contributed by atoms with E-state index in [1.54, 1.807) is 10.6 Å². The van der Waals surface area contributed by atoms with E-state index in [2.05, 4.69) is 84.9 Å². The van der Waals surface area contributed by atoms with Crippen LogP contribution >= 0.6 is 23.2 Å². The molecule has 0 N–H and O–H groups in total. The fourth-order valence-corrected chi connectivity index (χ4v) is 17.0. The third-order valence-corrected chi connectivity index (χ3v) is 17.6. The summed E-state index contributed by atoms with van der Waals surface area (Å²) in [4.78, 5) is 0. The first-order valence-electron chi connectivity index (χ1n) is 8.93. The maximum Gasteiger partial charge on any atom is -0.0153 e. The Morgan fingerprint density at radius 1 is 0.600 bits per heavy atom. The Kier molecular flexibility index (Phi) is 5.94. The predicted octanol–water partition coefficient (Wildman–Crippen LogP) is 6.57. The van der Waals surface area contributed by atoms with E-state index in [9.17, 15) is 0 Å². The summed E-state index contributed by atoms with van der Waals surface area (Å²) in [6.07, 6.45) is 5.67. The number of rotatable bonds is 3. The average molecular weight is 380 g/mol. The minimum atomic E-state index is -0.0373. The lowest BCUT2D eigenvalue weighted by molar-refractivity contribution is 0.907. The fourth-order valence-electron chi connectivity index (χ4n) is 3.26. The van der Waals surface area contributed by atoms with E-state index in [0.29, 0.717) is 0 Å². The van der Waals surface area contributed by atoms with Gasteiger partial charge in [0, 0.05) is 0 Å². The molecule has 0 aliphatic carbocycles. The van der Waals surface area contributed by atoms with Crippen molar-refractivity contribution in [2.24, 2.45) is 0 Å². The predicted molar refractivity (Wildman–Crippen MR) is 119 cm³/mol. The van der Waals surface area contributed by atoms with Crippen LogP contribution in [0.2, 0.25) is 0 Å². The molecule has 0 spiro atoms. The van der Waals surface area contributed by atoms with Gasteiger partial charge in [-0.3, -0.25) is 0 Å². The molecule has 4 rings (SSSR count). The van der Waals surface area contributed by atoms with E-state index in [4.69, 9.17) is 0 Å². The zero-order chi connectivity index (χ0) is 16.9. The zero-order valence-electron chi connectivity index (χ0n) is 14.3. The van der Waals surface area contributed by atoms with Gasteiger partial charge in [0.05, 0.1) is 0 Å². The van der Waals surface area contributed by atoms with Crippen LogP contribution in [-0.4, -0.2) is 12.3 Å². The van der Waals surface area contributed by atoms with Gasteiger partial charge < -0.3 is 0 Å². The quantitative estimate of drug-likeness (QED) is 0.451. The normalized spacial score (nSPS) is 21.8. The van der Waals surface area contributed by atoms with Crippen LogP contribution in [0.15, 0.2) is 84.9 Å². The van der Waals surface area contributed by atoms with Crippen LogP contribution in [0.4, 0.5) is 0 Å². The molecule has 1 saturated heterocycles. The minimum absolute atomic E-state index is 0.00448. The van der Waals surface area contributed by atoms with Gasteiger partial charge in [-0.25, -0.2) is 0 Å². The summed E-state index contributed by atoms with van der Waals surface area (Å²) >= 11 is 0. The highest BCUT2D eigenvalue weighted by Gasteiger charge is 2.25. The van der Waals surface area contributed by atoms with Crippen LogP contribution in [0.1, 0.15) is 12.8 Å². The zero-order valence-corrected chi connectivity index (χ0v) is 17.1. The van der Waals surface area contributed by atoms with Crippen LogP contribution in [0.25, 0.3) is 11.1 Å². The smallest absolute Gasteiger partial charge is 0.0153 e. The van der Waals surface area contributed by atoms with Gasteiger partial charge in [-0.2, -0.15) is 0 Å². The van der Waals surface area contributed by atoms with Crippen LogP contribution in [0.3, 0.4) is 0 Å². The maximum absolute atomic E-state index is 2.42. The molecule has 1 fully saturated rings. The Morgan fingerprint density at radius 3 is 1.96 bits per heavy atom. The molecule has 0 bridgehead atoms. The summed E-state index contributed by atoms with van der Waals surface area (Å²) in [5.41, 5.74) is 2.65. The molecule has 25 heavy (non-hydrogen) atoms. The second-order valence-electron chi connectivity index (χ2n) is 6.30. The van der Waals surface area contributed by atoms with Crippen LogP contribution in [0, 0.1) is 0 Å². The first kappa shape index (κ1) is 17.4. The Balaban J connectivity index is 1.63. The molecule has 1 aliphatic rings. The molecule has 0 radical (unpaired) electrons. The summed E-state index contributed by atoms with van der Waals surface area (Å²) < 4.78 is 0. The SMILES string of the molecule is c1ccc(-c2ccc(P3CCCCPP3c3ccccc3)cc2)cc1. The molecule has 1 aliphatic heterocycles. The minimum Gasteiger partial charge on any atom is -0.0866 e. The van der Waals surface area contributed by atoms with Crippen molar-refractivity contribution in [3.8, 4) is 11.1 Å². The topological polar surface area (TPSA) is 0 Å². The average Bonchev–Trinajstić information content (AvgIpc) is 2.96. The lowest BCUT2D eigenvalue weighted by atomic mass is 10.1. The molecule has 3 unspecified atom stereocenters. The maximum atomic E-state index is 2.42. The summed E-state index contributed by atoms with van der Waals surface area (Å²) in [5, 5.41) is 3.23. The van der Waals surface area contributed by atoms with Crippen LogP contribution < -0.4 is 10.6 Å². The van der Waals surface area contributed by atoms with Gasteiger partial charge in [0.2, 0.25) is 0 Å². The van der Waals surface area contributed by atoms with E-state index in [1.165, 1.54) is 36.3 Å². The highest BCUT2D eigenvalue weighted by molar-refractivity contribution is 8.60. The van der Waals surface area contributed by atoms with Crippen molar-refractivity contribution in [3.63, 3.8) is 0 Å². The molecule has 0 saturated carbocycles. The van der Waals surface area contributed by atoms with Crippen molar-refractivity contribution in [1.29, 1.82) is 0 Å². The molecule has 126 valence electrons. The van der Waals surface area contributed by atoms with Crippen molar-refractivity contribution < 1.29 is 0 Å². The van der Waals surface area contributed by atoms with E-state index >= 15 is 0 Å². The summed E-state index contributed by atoms with van der Waals surface area (Å²) in [6.45, 7) is 0. The first-order valence-corrected chi connectivity index (χ1v) is 14.6. The van der Waals surface area contributed by atoms with E-state index in [0.717, 1.165) is 8.27 Å². The Hall–Kier alpha value is -1.05. The second-order valence-corrected chi connectivity index (χ2v) is 16.1. The van der Waals surface area contributed by atoms with Crippen molar-refractivity contribution >= 4 is 33.8 Å². The standard InChI is InChI=1S/C22H23P3/c1-3-9-19(10-4-1)20-13-15-21(16-14-20)24-18-8-7-17-23-25(24)22-11-5-2-6-12-22/h1-6,9-16,23H,7-8,17-18H2. The molecule has 0 amide bonds. The Morgan fingerprint density at radius 2 is 1.24 bits per heavy atom. The van der Waals surface area contributed by atoms with Gasteiger partial charge in [0.15, 0.2) is 0 Å². The van der Waals surface area contributed by atoms with Gasteiger partial charge in [0.25, 0.3) is 0 Å². The van der Waals surface area contributed by atoms with Gasteiger partial charge in [-0.05, 0) is 61.8 Å². The molecule has 3 atom stereocenters.